The van der Waals surface area contributed by atoms with E-state index in [2.05, 4.69) is 24.9 Å². The molecule has 0 unspecified atom stereocenters. The number of imidazole rings is 1. The van der Waals surface area contributed by atoms with Gasteiger partial charge >= 0.3 is 5.69 Å². The molecule has 3 aromatic rings. The van der Waals surface area contributed by atoms with Crippen LogP contribution in [0.25, 0.3) is 11.7 Å². The van der Waals surface area contributed by atoms with Crippen molar-refractivity contribution in [3.63, 3.8) is 0 Å². The van der Waals surface area contributed by atoms with Crippen LogP contribution in [0.3, 0.4) is 0 Å². The summed E-state index contributed by atoms with van der Waals surface area (Å²) in [5.74, 6) is 0.688. The molecule has 0 spiro atoms. The number of hydrogen-bond acceptors (Lipinski definition) is 8. The van der Waals surface area contributed by atoms with Crippen LogP contribution in [0.15, 0.2) is 22.1 Å². The third-order valence-corrected chi connectivity index (χ3v) is 6.71. The third kappa shape index (κ3) is 4.13. The number of nitrogens with zero attached hydrogens (tertiary/aromatic N) is 6. The van der Waals surface area contributed by atoms with E-state index in [1.807, 2.05) is 6.07 Å². The summed E-state index contributed by atoms with van der Waals surface area (Å²) in [5.41, 5.74) is 1.29. The summed E-state index contributed by atoms with van der Waals surface area (Å²) in [4.78, 5) is 31.1. The molecule has 11 heteroatoms. The number of ether oxygens (including phenoxy) is 1. The molecule has 174 valence electrons. The lowest BCUT2D eigenvalue weighted by molar-refractivity contribution is 0.0115. The summed E-state index contributed by atoms with van der Waals surface area (Å²) in [6.45, 7) is 5.56. The second kappa shape index (κ2) is 8.31. The van der Waals surface area contributed by atoms with E-state index in [4.69, 9.17) is 14.7 Å². The first-order valence-corrected chi connectivity index (χ1v) is 11.7. The Morgan fingerprint density at radius 1 is 1.12 bits per heavy atom. The fourth-order valence-electron chi connectivity index (χ4n) is 4.75. The fourth-order valence-corrected chi connectivity index (χ4v) is 4.75. The quantitative estimate of drug-likeness (QED) is 0.481. The first-order valence-electron chi connectivity index (χ1n) is 11.7. The molecule has 6 rings (SSSR count). The molecule has 0 amide bonds. The zero-order valence-corrected chi connectivity index (χ0v) is 18.4. The maximum atomic E-state index is 11.5. The molecular formula is C22H28N8O3. The molecule has 11 nitrogen and oxygen atoms in total. The Morgan fingerprint density at radius 2 is 1.91 bits per heavy atom. The normalized spacial score (nSPS) is 22.0. The highest BCUT2D eigenvalue weighted by molar-refractivity contribution is 5.58. The van der Waals surface area contributed by atoms with Crippen LogP contribution in [0.1, 0.15) is 31.4 Å². The average molecular weight is 453 g/mol. The van der Waals surface area contributed by atoms with Gasteiger partial charge in [0.2, 0.25) is 5.88 Å². The van der Waals surface area contributed by atoms with E-state index >= 15 is 0 Å². The molecule has 5 heterocycles. The summed E-state index contributed by atoms with van der Waals surface area (Å²) in [6.07, 6.45) is 7.76. The van der Waals surface area contributed by atoms with Gasteiger partial charge in [-0.25, -0.2) is 9.78 Å². The SMILES string of the molecule is O=c1[nH]c(O)c(/C=c2\cnn3c(=NC4CC4)cc(N4CCC(N5CCOCC5)CC4)nc23)[nH]1. The molecule has 1 saturated carbocycles. The Bertz CT molecular complexity index is 1320. The molecule has 2 aliphatic heterocycles. The van der Waals surface area contributed by atoms with Gasteiger partial charge in [-0.1, -0.05) is 0 Å². The van der Waals surface area contributed by atoms with Crippen LogP contribution in [0, 0.1) is 0 Å². The van der Waals surface area contributed by atoms with Crippen molar-refractivity contribution in [1.82, 2.24) is 29.5 Å². The topological polar surface area (TPSA) is 127 Å². The van der Waals surface area contributed by atoms with Crippen molar-refractivity contribution in [3.05, 3.63) is 39.1 Å². The highest BCUT2D eigenvalue weighted by atomic mass is 16.5. The Kier molecular flexibility index (Phi) is 5.14. The van der Waals surface area contributed by atoms with Gasteiger partial charge in [-0.2, -0.15) is 9.61 Å². The van der Waals surface area contributed by atoms with Crippen molar-refractivity contribution in [2.75, 3.05) is 44.3 Å². The summed E-state index contributed by atoms with van der Waals surface area (Å²) in [6, 6.07) is 2.97. The van der Waals surface area contributed by atoms with Gasteiger partial charge in [0.05, 0.1) is 25.5 Å². The molecule has 33 heavy (non-hydrogen) atoms. The maximum absolute atomic E-state index is 11.5. The van der Waals surface area contributed by atoms with Gasteiger partial charge in [0.15, 0.2) is 11.1 Å². The fraction of sp³-hybridized carbons (Fsp3) is 0.545. The zero-order chi connectivity index (χ0) is 22.4. The Hall–Kier alpha value is -3.18. The molecular weight excluding hydrogens is 424 g/mol. The third-order valence-electron chi connectivity index (χ3n) is 6.71. The molecule has 0 atom stereocenters. The summed E-state index contributed by atoms with van der Waals surface area (Å²) >= 11 is 0. The molecule has 0 bridgehead atoms. The van der Waals surface area contributed by atoms with Gasteiger partial charge in [0.25, 0.3) is 0 Å². The van der Waals surface area contributed by atoms with Crippen LogP contribution >= 0.6 is 0 Å². The van der Waals surface area contributed by atoms with Gasteiger partial charge in [-0.15, -0.1) is 0 Å². The number of piperidine rings is 1. The number of morpholine rings is 1. The Morgan fingerprint density at radius 3 is 2.61 bits per heavy atom. The standard InChI is InChI=1S/C22H28N8O3/c31-21-17(25-22(32)27-21)11-14-13-23-30-19(24-15-1-2-15)12-18(26-20(14)30)29-5-3-16(4-6-29)28-7-9-33-10-8-28/h11-13,15-16,31H,1-10H2,(H2,25,27,32)/b14-11+,24-19?. The average Bonchev–Trinajstić information content (AvgIpc) is 3.47. The van der Waals surface area contributed by atoms with Crippen molar-refractivity contribution in [1.29, 1.82) is 0 Å². The summed E-state index contributed by atoms with van der Waals surface area (Å²) in [7, 11) is 0. The second-order valence-electron chi connectivity index (χ2n) is 9.02. The largest absolute Gasteiger partial charge is 0.493 e. The number of H-pyrrole nitrogens is 2. The lowest BCUT2D eigenvalue weighted by Crippen LogP contribution is -2.49. The van der Waals surface area contributed by atoms with Gasteiger partial charge in [0.1, 0.15) is 11.5 Å². The minimum atomic E-state index is -0.462. The van der Waals surface area contributed by atoms with E-state index in [-0.39, 0.29) is 5.88 Å². The van der Waals surface area contributed by atoms with E-state index in [9.17, 15) is 9.90 Å². The maximum Gasteiger partial charge on any atom is 0.326 e. The summed E-state index contributed by atoms with van der Waals surface area (Å²) < 4.78 is 7.25. The minimum absolute atomic E-state index is 0.205. The molecule has 3 aromatic heterocycles. The van der Waals surface area contributed by atoms with Crippen LogP contribution in [-0.2, 0) is 4.74 Å². The van der Waals surface area contributed by atoms with Crippen molar-refractivity contribution in [3.8, 4) is 5.88 Å². The second-order valence-corrected chi connectivity index (χ2v) is 9.02. The highest BCUT2D eigenvalue weighted by Crippen LogP contribution is 2.24. The van der Waals surface area contributed by atoms with Crippen molar-refractivity contribution >= 4 is 17.5 Å². The van der Waals surface area contributed by atoms with Gasteiger partial charge in [-0.3, -0.25) is 14.9 Å². The predicted molar refractivity (Wildman–Crippen MR) is 121 cm³/mol. The van der Waals surface area contributed by atoms with E-state index in [1.165, 1.54) is 0 Å². The molecule has 0 radical (unpaired) electrons. The van der Waals surface area contributed by atoms with E-state index in [0.717, 1.165) is 76.4 Å². The van der Waals surface area contributed by atoms with Crippen molar-refractivity contribution in [2.24, 2.45) is 4.99 Å². The van der Waals surface area contributed by atoms with E-state index < -0.39 is 5.69 Å². The van der Waals surface area contributed by atoms with Crippen LogP contribution in [-0.4, -0.2) is 86.0 Å². The predicted octanol–water partition coefficient (Wildman–Crippen LogP) is -0.637. The van der Waals surface area contributed by atoms with Crippen LogP contribution in [0.4, 0.5) is 5.82 Å². The smallest absolute Gasteiger partial charge is 0.326 e. The number of rotatable bonds is 4. The number of nitrogens with one attached hydrogen (secondary N) is 2. The molecule has 0 aromatic carbocycles. The van der Waals surface area contributed by atoms with Crippen molar-refractivity contribution in [2.45, 2.75) is 37.8 Å². The van der Waals surface area contributed by atoms with E-state index in [0.29, 0.717) is 28.6 Å². The minimum Gasteiger partial charge on any atom is -0.493 e. The number of aromatic amines is 2. The lowest BCUT2D eigenvalue weighted by Gasteiger charge is -2.40. The van der Waals surface area contributed by atoms with E-state index in [1.54, 1.807) is 16.8 Å². The van der Waals surface area contributed by atoms with Gasteiger partial charge in [-0.05, 0) is 31.8 Å². The number of anilines is 1. The molecule has 1 aliphatic carbocycles. The van der Waals surface area contributed by atoms with Gasteiger partial charge in [0, 0.05) is 43.5 Å². The molecule has 3 N–H and O–H groups in total. The zero-order valence-electron chi connectivity index (χ0n) is 18.4. The molecule has 3 aliphatic rings. The van der Waals surface area contributed by atoms with Crippen LogP contribution < -0.4 is 21.3 Å². The first-order chi connectivity index (χ1) is 16.1. The first kappa shape index (κ1) is 20.4. The summed E-state index contributed by atoms with van der Waals surface area (Å²) in [5, 5.41) is 15.2. The Balaban J connectivity index is 1.35. The monoisotopic (exact) mass is 452 g/mol. The van der Waals surface area contributed by atoms with Gasteiger partial charge < -0.3 is 19.7 Å². The molecule has 2 saturated heterocycles. The highest BCUT2D eigenvalue weighted by Gasteiger charge is 2.27. The number of fused-ring (bicyclic) bond motifs is 1. The van der Waals surface area contributed by atoms with Crippen LogP contribution in [0.2, 0.25) is 0 Å². The Labute approximate surface area is 189 Å². The van der Waals surface area contributed by atoms with Crippen molar-refractivity contribution < 1.29 is 9.84 Å². The molecule has 3 fully saturated rings. The lowest BCUT2D eigenvalue weighted by atomic mass is 10.0. The number of aromatic hydroxyl groups is 1. The number of aromatic nitrogens is 5. The number of hydrogen-bond donors (Lipinski definition) is 3. The van der Waals surface area contributed by atoms with Crippen LogP contribution in [0.5, 0.6) is 5.88 Å².